The molecule has 6 nitrogen and oxygen atoms in total. The number of nitrogens with zero attached hydrogens (tertiary/aromatic N) is 6. The molecule has 0 saturated carbocycles. The predicted molar refractivity (Wildman–Crippen MR) is 267 cm³/mol. The molecular formula is C60H38N6. The van der Waals surface area contributed by atoms with E-state index < -0.39 is 0 Å². The minimum Gasteiger partial charge on any atom is -0.228 e. The van der Waals surface area contributed by atoms with Crippen LogP contribution in [0.5, 0.6) is 0 Å². The van der Waals surface area contributed by atoms with Gasteiger partial charge in [-0.15, -0.1) is 0 Å². The highest BCUT2D eigenvalue weighted by atomic mass is 15.0. The third kappa shape index (κ3) is 7.78. The van der Waals surface area contributed by atoms with Crippen LogP contribution in [-0.2, 0) is 0 Å². The fraction of sp³-hybridized carbons (Fsp3) is 0. The van der Waals surface area contributed by atoms with Crippen LogP contribution in [0.1, 0.15) is 5.56 Å². The number of hydrogen-bond donors (Lipinski definition) is 0. The molecule has 11 rings (SSSR count). The average Bonchev–Trinajstić information content (AvgIpc) is 3.41. The molecule has 0 amide bonds. The van der Waals surface area contributed by atoms with E-state index >= 15 is 0 Å². The van der Waals surface area contributed by atoms with Crippen LogP contribution in [0.15, 0.2) is 231 Å². The topological polar surface area (TPSA) is 88.2 Å². The van der Waals surface area contributed by atoms with E-state index in [1.807, 2.05) is 127 Å². The lowest BCUT2D eigenvalue weighted by atomic mass is 9.91. The highest BCUT2D eigenvalue weighted by Crippen LogP contribution is 2.40. The number of fused-ring (bicyclic) bond motifs is 1. The first-order valence-electron chi connectivity index (χ1n) is 21.8. The van der Waals surface area contributed by atoms with Crippen LogP contribution >= 0.6 is 0 Å². The summed E-state index contributed by atoms with van der Waals surface area (Å²) in [6.07, 6.45) is 0. The second-order valence-electron chi connectivity index (χ2n) is 15.9. The van der Waals surface area contributed by atoms with Gasteiger partial charge in [0.15, 0.2) is 23.3 Å². The molecule has 0 aliphatic heterocycles. The standard InChI is InChI=1S/C60H38N6/c61-39-47-33-34-50(51-30-15-13-29-49(47)51)44-26-17-27-46(36-44)59-64-58(43-24-11-4-12-25-43)65-60(66-59)53-35-32-45(37-54(53)40-18-5-1-6-19-40)48-28-14-16-31-52(48)56-38-55(41-20-7-2-8-21-41)62-57(63-56)42-22-9-3-10-23-42/h1-38H. The van der Waals surface area contributed by atoms with Crippen LogP contribution in [-0.4, -0.2) is 24.9 Å². The zero-order chi connectivity index (χ0) is 44.2. The normalized spacial score (nSPS) is 11.0. The van der Waals surface area contributed by atoms with Gasteiger partial charge in [-0.1, -0.05) is 200 Å². The Morgan fingerprint density at radius 3 is 1.42 bits per heavy atom. The van der Waals surface area contributed by atoms with Crippen LogP contribution in [0.3, 0.4) is 0 Å². The Bertz CT molecular complexity index is 3530. The first kappa shape index (κ1) is 39.7. The molecule has 11 aromatic rings. The fourth-order valence-electron chi connectivity index (χ4n) is 8.60. The Labute approximate surface area is 382 Å². The van der Waals surface area contributed by atoms with Gasteiger partial charge in [0.25, 0.3) is 0 Å². The van der Waals surface area contributed by atoms with Gasteiger partial charge in [0.05, 0.1) is 23.0 Å². The fourth-order valence-corrected chi connectivity index (χ4v) is 8.60. The van der Waals surface area contributed by atoms with E-state index in [9.17, 15) is 5.26 Å². The molecule has 66 heavy (non-hydrogen) atoms. The minimum atomic E-state index is 0.555. The molecule has 0 aliphatic rings. The highest BCUT2D eigenvalue weighted by Gasteiger charge is 2.20. The summed E-state index contributed by atoms with van der Waals surface area (Å²) >= 11 is 0. The third-order valence-electron chi connectivity index (χ3n) is 11.8. The summed E-state index contributed by atoms with van der Waals surface area (Å²) in [6.45, 7) is 0. The van der Waals surface area contributed by atoms with E-state index in [1.54, 1.807) is 0 Å². The van der Waals surface area contributed by atoms with Gasteiger partial charge >= 0.3 is 0 Å². The Morgan fingerprint density at radius 2 is 0.742 bits per heavy atom. The van der Waals surface area contributed by atoms with Crippen molar-refractivity contribution in [3.63, 3.8) is 0 Å². The molecule has 6 heteroatoms. The van der Waals surface area contributed by atoms with Gasteiger partial charge < -0.3 is 0 Å². The van der Waals surface area contributed by atoms with E-state index in [-0.39, 0.29) is 0 Å². The average molecular weight is 843 g/mol. The van der Waals surface area contributed by atoms with Gasteiger partial charge in [-0.3, -0.25) is 0 Å². The van der Waals surface area contributed by atoms with Crippen LogP contribution in [0, 0.1) is 11.3 Å². The van der Waals surface area contributed by atoms with E-state index in [0.29, 0.717) is 28.9 Å². The van der Waals surface area contributed by atoms with Crippen molar-refractivity contribution >= 4 is 10.8 Å². The molecule has 0 saturated heterocycles. The van der Waals surface area contributed by atoms with Crippen LogP contribution in [0.4, 0.5) is 0 Å². The van der Waals surface area contributed by atoms with Gasteiger partial charge in [0.2, 0.25) is 0 Å². The SMILES string of the molecule is N#Cc1ccc(-c2cccc(-c3nc(-c4ccccc4)nc(-c4ccc(-c5ccccc5-c5cc(-c6ccccc6)nc(-c6ccccc6)n5)cc4-c4ccccc4)n3)c2)c2ccccc12. The molecule has 0 aliphatic carbocycles. The summed E-state index contributed by atoms with van der Waals surface area (Å²) in [5.41, 5.74) is 14.0. The Balaban J connectivity index is 1.07. The molecule has 2 aromatic heterocycles. The summed E-state index contributed by atoms with van der Waals surface area (Å²) in [7, 11) is 0. The van der Waals surface area contributed by atoms with Gasteiger partial charge in [-0.25, -0.2) is 24.9 Å². The van der Waals surface area contributed by atoms with E-state index in [0.717, 1.165) is 88.9 Å². The van der Waals surface area contributed by atoms with Crippen LogP contribution in [0.25, 0.3) is 112 Å². The van der Waals surface area contributed by atoms with Crippen molar-refractivity contribution in [2.75, 3.05) is 0 Å². The first-order chi connectivity index (χ1) is 32.7. The molecule has 0 fully saturated rings. The van der Waals surface area contributed by atoms with Crippen molar-refractivity contribution in [3.05, 3.63) is 236 Å². The lowest BCUT2D eigenvalue weighted by Crippen LogP contribution is -2.01. The van der Waals surface area contributed by atoms with Crippen molar-refractivity contribution in [1.29, 1.82) is 5.26 Å². The molecule has 0 unspecified atom stereocenters. The maximum atomic E-state index is 9.87. The van der Waals surface area contributed by atoms with Crippen molar-refractivity contribution in [2.45, 2.75) is 0 Å². The molecule has 0 radical (unpaired) electrons. The van der Waals surface area contributed by atoms with E-state index in [4.69, 9.17) is 24.9 Å². The number of aromatic nitrogens is 5. The maximum absolute atomic E-state index is 9.87. The lowest BCUT2D eigenvalue weighted by molar-refractivity contribution is 1.07. The Hall–Kier alpha value is -9.18. The number of nitriles is 1. The first-order valence-corrected chi connectivity index (χ1v) is 21.8. The van der Waals surface area contributed by atoms with Crippen LogP contribution < -0.4 is 0 Å². The second-order valence-corrected chi connectivity index (χ2v) is 15.9. The van der Waals surface area contributed by atoms with Crippen molar-refractivity contribution in [3.8, 4) is 108 Å². The third-order valence-corrected chi connectivity index (χ3v) is 11.8. The summed E-state index contributed by atoms with van der Waals surface area (Å²) < 4.78 is 0. The van der Waals surface area contributed by atoms with Gasteiger partial charge in [0, 0.05) is 38.8 Å². The molecule has 9 aromatic carbocycles. The molecule has 0 spiro atoms. The smallest absolute Gasteiger partial charge is 0.164 e. The molecule has 2 heterocycles. The number of hydrogen-bond acceptors (Lipinski definition) is 6. The van der Waals surface area contributed by atoms with Crippen molar-refractivity contribution < 1.29 is 0 Å². The maximum Gasteiger partial charge on any atom is 0.164 e. The van der Waals surface area contributed by atoms with Crippen molar-refractivity contribution in [2.24, 2.45) is 0 Å². The quantitative estimate of drug-likeness (QED) is 0.144. The molecule has 0 atom stereocenters. The monoisotopic (exact) mass is 842 g/mol. The summed E-state index contributed by atoms with van der Waals surface area (Å²) in [5.74, 6) is 2.35. The lowest BCUT2D eigenvalue weighted by Gasteiger charge is -2.16. The Morgan fingerprint density at radius 1 is 0.258 bits per heavy atom. The summed E-state index contributed by atoms with van der Waals surface area (Å²) in [5, 5.41) is 11.8. The minimum absolute atomic E-state index is 0.555. The van der Waals surface area contributed by atoms with Gasteiger partial charge in [0.1, 0.15) is 0 Å². The summed E-state index contributed by atoms with van der Waals surface area (Å²) in [4.78, 5) is 25.9. The van der Waals surface area contributed by atoms with Crippen LogP contribution in [0.2, 0.25) is 0 Å². The zero-order valence-electron chi connectivity index (χ0n) is 35.6. The number of benzene rings is 9. The van der Waals surface area contributed by atoms with E-state index in [2.05, 4.69) is 109 Å². The summed E-state index contributed by atoms with van der Waals surface area (Å²) in [6, 6.07) is 80.5. The molecule has 0 bridgehead atoms. The highest BCUT2D eigenvalue weighted by molar-refractivity contribution is 6.00. The largest absolute Gasteiger partial charge is 0.228 e. The Kier molecular flexibility index (Phi) is 10.5. The predicted octanol–water partition coefficient (Wildman–Crippen LogP) is 14.7. The van der Waals surface area contributed by atoms with E-state index in [1.165, 1.54) is 0 Å². The second kappa shape index (κ2) is 17.5. The molecular weight excluding hydrogens is 805 g/mol. The van der Waals surface area contributed by atoms with Gasteiger partial charge in [-0.2, -0.15) is 5.26 Å². The van der Waals surface area contributed by atoms with Gasteiger partial charge in [-0.05, 0) is 69.1 Å². The molecule has 308 valence electrons. The molecule has 0 N–H and O–H groups in total. The number of rotatable bonds is 9. The van der Waals surface area contributed by atoms with Crippen molar-refractivity contribution in [1.82, 2.24) is 24.9 Å². The zero-order valence-corrected chi connectivity index (χ0v) is 35.6.